The lowest BCUT2D eigenvalue weighted by atomic mass is 9.98. The van der Waals surface area contributed by atoms with Crippen molar-refractivity contribution in [3.63, 3.8) is 0 Å². The van der Waals surface area contributed by atoms with Crippen LogP contribution in [0.15, 0.2) is 42.5 Å². The molecule has 0 aromatic heterocycles. The van der Waals surface area contributed by atoms with Gasteiger partial charge in [0, 0.05) is 18.8 Å². The summed E-state index contributed by atoms with van der Waals surface area (Å²) in [6.07, 6.45) is 2.50. The highest BCUT2D eigenvalue weighted by Gasteiger charge is 2.17. The Bertz CT molecular complexity index is 896. The van der Waals surface area contributed by atoms with E-state index >= 15 is 0 Å². The minimum absolute atomic E-state index is 0.0167. The number of nitrogens with zero attached hydrogens (tertiary/aromatic N) is 1. The van der Waals surface area contributed by atoms with Gasteiger partial charge < -0.3 is 20.3 Å². The first-order chi connectivity index (χ1) is 14.4. The average molecular weight is 446 g/mol. The van der Waals surface area contributed by atoms with E-state index in [1.54, 1.807) is 18.2 Å². The molecule has 0 bridgehead atoms. The molecule has 1 aliphatic heterocycles. The van der Waals surface area contributed by atoms with Crippen LogP contribution in [0, 0.1) is 5.92 Å². The van der Waals surface area contributed by atoms with E-state index in [-0.39, 0.29) is 6.04 Å². The minimum Gasteiger partial charge on any atom is -0.465 e. The molecule has 2 aromatic rings. The molecule has 1 atom stereocenters. The van der Waals surface area contributed by atoms with Crippen molar-refractivity contribution in [3.8, 4) is 0 Å². The Morgan fingerprint density at radius 3 is 2.50 bits per heavy atom. The van der Waals surface area contributed by atoms with Crippen LogP contribution in [0.25, 0.3) is 0 Å². The highest BCUT2D eigenvalue weighted by molar-refractivity contribution is 7.80. The molecule has 0 amide bonds. The van der Waals surface area contributed by atoms with Crippen LogP contribution in [0.5, 0.6) is 0 Å². The molecule has 3 rings (SSSR count). The van der Waals surface area contributed by atoms with Gasteiger partial charge in [0.25, 0.3) is 0 Å². The number of anilines is 2. The number of esters is 1. The SMILES string of the molecule is COC(=O)c1ccc(Cl)c(NC(=S)N[C@@H](C)c2ccc(N3CCC(C)CC3)cc2)c1. The lowest BCUT2D eigenvalue weighted by molar-refractivity contribution is 0.0601. The van der Waals surface area contributed by atoms with Crippen molar-refractivity contribution in [2.45, 2.75) is 32.7 Å². The number of carbonyl (C=O) groups is 1. The Hall–Kier alpha value is -2.31. The minimum atomic E-state index is -0.426. The Morgan fingerprint density at radius 2 is 1.87 bits per heavy atom. The molecule has 0 aliphatic carbocycles. The zero-order valence-corrected chi connectivity index (χ0v) is 19.1. The number of ether oxygens (including phenoxy) is 1. The summed E-state index contributed by atoms with van der Waals surface area (Å²) in [5.41, 5.74) is 3.37. The first-order valence-electron chi connectivity index (χ1n) is 10.2. The molecule has 0 saturated carbocycles. The second-order valence-corrected chi connectivity index (χ2v) is 8.58. The van der Waals surface area contributed by atoms with Crippen molar-refractivity contribution in [2.24, 2.45) is 5.92 Å². The fourth-order valence-corrected chi connectivity index (χ4v) is 4.00. The van der Waals surface area contributed by atoms with Gasteiger partial charge in [0.2, 0.25) is 0 Å². The third-order valence-electron chi connectivity index (χ3n) is 5.53. The summed E-state index contributed by atoms with van der Waals surface area (Å²) in [7, 11) is 1.34. The number of piperidine rings is 1. The van der Waals surface area contributed by atoms with Gasteiger partial charge in [0.15, 0.2) is 5.11 Å². The maximum Gasteiger partial charge on any atom is 0.337 e. The molecule has 1 heterocycles. The Kier molecular flexibility index (Phi) is 7.56. The standard InChI is InChI=1S/C23H28ClN3O2S/c1-15-10-12-27(13-11-15)19-7-4-17(5-8-19)16(2)25-23(30)26-21-14-18(22(28)29-3)6-9-20(21)24/h4-9,14-16H,10-13H2,1-3H3,(H2,25,26,30)/t16-/m0/s1. The monoisotopic (exact) mass is 445 g/mol. The van der Waals surface area contributed by atoms with E-state index in [9.17, 15) is 4.79 Å². The molecule has 30 heavy (non-hydrogen) atoms. The molecule has 1 fully saturated rings. The maximum absolute atomic E-state index is 11.7. The number of hydrogen-bond acceptors (Lipinski definition) is 4. The van der Waals surface area contributed by atoms with E-state index in [4.69, 9.17) is 28.6 Å². The fraction of sp³-hybridized carbons (Fsp3) is 0.391. The number of halogens is 1. The van der Waals surface area contributed by atoms with Crippen LogP contribution in [-0.4, -0.2) is 31.3 Å². The molecule has 1 saturated heterocycles. The van der Waals surface area contributed by atoms with E-state index in [1.165, 1.54) is 25.6 Å². The van der Waals surface area contributed by atoms with E-state index in [1.807, 2.05) is 0 Å². The number of rotatable bonds is 5. The van der Waals surface area contributed by atoms with Crippen molar-refractivity contribution in [2.75, 3.05) is 30.4 Å². The summed E-state index contributed by atoms with van der Waals surface area (Å²) in [5, 5.41) is 7.24. The van der Waals surface area contributed by atoms with E-state index < -0.39 is 5.97 Å². The summed E-state index contributed by atoms with van der Waals surface area (Å²) in [6.45, 7) is 6.61. The predicted octanol–water partition coefficient (Wildman–Crippen LogP) is 5.41. The summed E-state index contributed by atoms with van der Waals surface area (Å²) < 4.78 is 4.76. The third-order valence-corrected chi connectivity index (χ3v) is 6.07. The van der Waals surface area contributed by atoms with Gasteiger partial charge in [-0.25, -0.2) is 4.79 Å². The first-order valence-corrected chi connectivity index (χ1v) is 11.0. The van der Waals surface area contributed by atoms with E-state index in [0.717, 1.165) is 24.6 Å². The van der Waals surface area contributed by atoms with Crippen molar-refractivity contribution in [3.05, 3.63) is 58.6 Å². The second-order valence-electron chi connectivity index (χ2n) is 7.77. The van der Waals surface area contributed by atoms with Gasteiger partial charge in [-0.05, 0) is 73.8 Å². The zero-order chi connectivity index (χ0) is 21.7. The second kappa shape index (κ2) is 10.1. The van der Waals surface area contributed by atoms with Crippen LogP contribution < -0.4 is 15.5 Å². The van der Waals surface area contributed by atoms with Gasteiger partial charge in [-0.1, -0.05) is 30.7 Å². The smallest absolute Gasteiger partial charge is 0.337 e. The molecule has 0 spiro atoms. The number of benzene rings is 2. The topological polar surface area (TPSA) is 53.6 Å². The van der Waals surface area contributed by atoms with Gasteiger partial charge in [-0.15, -0.1) is 0 Å². The van der Waals surface area contributed by atoms with Crippen LogP contribution in [0.3, 0.4) is 0 Å². The van der Waals surface area contributed by atoms with Gasteiger partial charge in [-0.3, -0.25) is 0 Å². The lowest BCUT2D eigenvalue weighted by Crippen LogP contribution is -2.33. The Labute approximate surface area is 188 Å². The highest BCUT2D eigenvalue weighted by atomic mass is 35.5. The lowest BCUT2D eigenvalue weighted by Gasteiger charge is -2.32. The number of thiocarbonyl (C=S) groups is 1. The van der Waals surface area contributed by atoms with Crippen molar-refractivity contribution < 1.29 is 9.53 Å². The quantitative estimate of drug-likeness (QED) is 0.474. The molecule has 1 aliphatic rings. The van der Waals surface area contributed by atoms with Gasteiger partial charge in [0.1, 0.15) is 0 Å². The van der Waals surface area contributed by atoms with Gasteiger partial charge in [-0.2, -0.15) is 0 Å². The molecule has 7 heteroatoms. The Morgan fingerprint density at radius 1 is 1.20 bits per heavy atom. The van der Waals surface area contributed by atoms with Crippen molar-refractivity contribution in [1.82, 2.24) is 5.32 Å². The normalized spacial score (nSPS) is 15.4. The molecule has 2 N–H and O–H groups in total. The van der Waals surface area contributed by atoms with Crippen molar-refractivity contribution >= 4 is 46.3 Å². The summed E-state index contributed by atoms with van der Waals surface area (Å²) >= 11 is 11.7. The van der Waals surface area contributed by atoms with Gasteiger partial charge >= 0.3 is 5.97 Å². The maximum atomic E-state index is 11.7. The summed E-state index contributed by atoms with van der Waals surface area (Å²) in [6, 6.07) is 13.5. The molecule has 0 unspecified atom stereocenters. The molecular weight excluding hydrogens is 418 g/mol. The van der Waals surface area contributed by atoms with Crippen LogP contribution in [0.2, 0.25) is 5.02 Å². The van der Waals surface area contributed by atoms with E-state index in [2.05, 4.69) is 53.6 Å². The van der Waals surface area contributed by atoms with E-state index in [0.29, 0.717) is 21.4 Å². The van der Waals surface area contributed by atoms with Crippen molar-refractivity contribution in [1.29, 1.82) is 0 Å². The molecular formula is C23H28ClN3O2S. The summed E-state index contributed by atoms with van der Waals surface area (Å²) in [4.78, 5) is 14.2. The number of methoxy groups -OCH3 is 1. The molecule has 160 valence electrons. The number of nitrogens with one attached hydrogen (secondary N) is 2. The molecule has 0 radical (unpaired) electrons. The predicted molar refractivity (Wildman–Crippen MR) is 128 cm³/mol. The number of carbonyl (C=O) groups excluding carboxylic acids is 1. The van der Waals surface area contributed by atoms with Crippen LogP contribution >= 0.6 is 23.8 Å². The average Bonchev–Trinajstić information content (AvgIpc) is 2.75. The first kappa shape index (κ1) is 22.4. The Balaban J connectivity index is 1.60. The third kappa shape index (κ3) is 5.64. The van der Waals surface area contributed by atoms with Crippen LogP contribution in [0.4, 0.5) is 11.4 Å². The summed E-state index contributed by atoms with van der Waals surface area (Å²) in [5.74, 6) is 0.394. The molecule has 2 aromatic carbocycles. The highest BCUT2D eigenvalue weighted by Crippen LogP contribution is 2.26. The fourth-order valence-electron chi connectivity index (χ4n) is 3.54. The zero-order valence-electron chi connectivity index (χ0n) is 17.6. The van der Waals surface area contributed by atoms with Crippen LogP contribution in [0.1, 0.15) is 48.7 Å². The molecule has 5 nitrogen and oxygen atoms in total. The number of hydrogen-bond donors (Lipinski definition) is 2. The van der Waals surface area contributed by atoms with Gasteiger partial charge in [0.05, 0.1) is 29.4 Å². The van der Waals surface area contributed by atoms with Crippen LogP contribution in [-0.2, 0) is 4.74 Å². The largest absolute Gasteiger partial charge is 0.465 e.